The van der Waals surface area contributed by atoms with Gasteiger partial charge in [0.1, 0.15) is 23.1 Å². The Morgan fingerprint density at radius 3 is 2.43 bits per heavy atom. The van der Waals surface area contributed by atoms with E-state index in [1.165, 1.54) is 30.5 Å². The first-order valence-corrected chi connectivity index (χ1v) is 9.11. The zero-order chi connectivity index (χ0) is 21.3. The molecule has 0 aliphatic carbocycles. The molecule has 0 bridgehead atoms. The Morgan fingerprint density at radius 1 is 0.933 bits per heavy atom. The van der Waals surface area contributed by atoms with E-state index in [4.69, 9.17) is 4.74 Å². The molecule has 1 N–H and O–H groups in total. The molecule has 1 heterocycles. The highest BCUT2D eigenvalue weighted by Crippen LogP contribution is 2.30. The summed E-state index contributed by atoms with van der Waals surface area (Å²) in [6, 6.07) is 11.2. The molecule has 152 valence electrons. The number of aliphatic imine (C=N–C) groups is 1. The highest BCUT2D eigenvalue weighted by molar-refractivity contribution is 5.94. The molecular weight excluding hydrogens is 396 g/mol. The maximum absolute atomic E-state index is 14.7. The Balaban J connectivity index is 1.61. The molecule has 0 fully saturated rings. The van der Waals surface area contributed by atoms with E-state index in [-0.39, 0.29) is 23.8 Å². The Bertz CT molecular complexity index is 1190. The lowest BCUT2D eigenvalue weighted by molar-refractivity contribution is 0.485. The molecule has 0 unspecified atom stereocenters. The number of benzene rings is 3. The van der Waals surface area contributed by atoms with E-state index >= 15 is 0 Å². The second-order valence-electron chi connectivity index (χ2n) is 6.75. The molecule has 1 aliphatic rings. The third-order valence-corrected chi connectivity index (χ3v) is 4.63. The van der Waals surface area contributed by atoms with Crippen LogP contribution in [0.15, 0.2) is 65.8 Å². The van der Waals surface area contributed by atoms with Crippen molar-refractivity contribution in [2.24, 2.45) is 4.99 Å². The van der Waals surface area contributed by atoms with Crippen LogP contribution in [0.1, 0.15) is 11.1 Å². The summed E-state index contributed by atoms with van der Waals surface area (Å²) < 4.78 is 62.3. The van der Waals surface area contributed by atoms with Crippen molar-refractivity contribution in [1.82, 2.24) is 0 Å². The summed E-state index contributed by atoms with van der Waals surface area (Å²) in [5.74, 6) is -2.71. The van der Waals surface area contributed by atoms with E-state index in [0.717, 1.165) is 12.1 Å². The van der Waals surface area contributed by atoms with Gasteiger partial charge in [0.15, 0.2) is 11.6 Å². The molecular formula is C23H16F4N2O. The number of ether oxygens (including phenoxy) is 1. The average Bonchev–Trinajstić information content (AvgIpc) is 2.68. The summed E-state index contributed by atoms with van der Waals surface area (Å²) in [5.41, 5.74) is 1.25. The van der Waals surface area contributed by atoms with Crippen LogP contribution in [0, 0.1) is 30.2 Å². The van der Waals surface area contributed by atoms with Crippen LogP contribution in [0.5, 0.6) is 5.75 Å². The minimum atomic E-state index is -0.948. The van der Waals surface area contributed by atoms with E-state index in [1.807, 2.05) is 0 Å². The number of anilines is 1. The van der Waals surface area contributed by atoms with Crippen LogP contribution >= 0.6 is 0 Å². The smallest absolute Gasteiger partial charge is 0.220 e. The minimum absolute atomic E-state index is 0.186. The summed E-state index contributed by atoms with van der Waals surface area (Å²) in [6.07, 6.45) is 3.01. The standard InChI is InChI=1S/C23H16F4N2O/c1-13-9-15(14-3-2-4-17(24)11-14)10-16(21(13)26)12-29-23-18(25)5-6-19(22(23)27)30-20-7-8-28-20/h2-11,29H,12H2,1H3. The predicted octanol–water partition coefficient (Wildman–Crippen LogP) is 6.14. The number of aryl methyl sites for hydroxylation is 1. The lowest BCUT2D eigenvalue weighted by Gasteiger charge is -2.15. The highest BCUT2D eigenvalue weighted by atomic mass is 19.1. The van der Waals surface area contributed by atoms with Crippen LogP contribution in [-0.2, 0) is 6.54 Å². The Labute approximate surface area is 170 Å². The van der Waals surface area contributed by atoms with E-state index < -0.39 is 29.0 Å². The number of nitrogens with one attached hydrogen (secondary N) is 1. The van der Waals surface area contributed by atoms with E-state index in [1.54, 1.807) is 25.1 Å². The van der Waals surface area contributed by atoms with Gasteiger partial charge in [-0.25, -0.2) is 22.6 Å². The van der Waals surface area contributed by atoms with E-state index in [2.05, 4.69) is 10.3 Å². The number of halogens is 4. The molecule has 1 aliphatic heterocycles. The van der Waals surface area contributed by atoms with Crippen LogP contribution in [0.4, 0.5) is 23.2 Å². The van der Waals surface area contributed by atoms with Crippen LogP contribution < -0.4 is 10.1 Å². The second kappa shape index (κ2) is 8.02. The first-order valence-electron chi connectivity index (χ1n) is 9.11. The molecule has 0 saturated carbocycles. The van der Waals surface area contributed by atoms with Gasteiger partial charge in [0.25, 0.3) is 0 Å². The molecule has 0 radical (unpaired) electrons. The van der Waals surface area contributed by atoms with Crippen molar-refractivity contribution < 1.29 is 22.3 Å². The van der Waals surface area contributed by atoms with Gasteiger partial charge in [-0.1, -0.05) is 12.1 Å². The molecule has 7 heteroatoms. The summed E-state index contributed by atoms with van der Waals surface area (Å²) in [4.78, 5) is 3.77. The summed E-state index contributed by atoms with van der Waals surface area (Å²) in [7, 11) is 0. The predicted molar refractivity (Wildman–Crippen MR) is 107 cm³/mol. The fraction of sp³-hybridized carbons (Fsp3) is 0.0870. The first kappa shape index (κ1) is 19.7. The van der Waals surface area contributed by atoms with Crippen molar-refractivity contribution in [2.75, 3.05) is 5.32 Å². The van der Waals surface area contributed by atoms with Crippen molar-refractivity contribution in [2.45, 2.75) is 13.5 Å². The largest absolute Gasteiger partial charge is 0.436 e. The van der Waals surface area contributed by atoms with Crippen molar-refractivity contribution in [3.05, 3.63) is 95.2 Å². The lowest BCUT2D eigenvalue weighted by Crippen LogP contribution is -2.12. The molecule has 3 aromatic carbocycles. The summed E-state index contributed by atoms with van der Waals surface area (Å²) in [5, 5.41) is 2.60. The van der Waals surface area contributed by atoms with Gasteiger partial charge < -0.3 is 10.1 Å². The molecule has 0 atom stereocenters. The van der Waals surface area contributed by atoms with Crippen molar-refractivity contribution in [3.63, 3.8) is 0 Å². The number of rotatable bonds is 5. The van der Waals surface area contributed by atoms with Crippen LogP contribution in [0.25, 0.3) is 11.1 Å². The normalized spacial score (nSPS) is 12.4. The van der Waals surface area contributed by atoms with Gasteiger partial charge in [0, 0.05) is 24.4 Å². The average molecular weight is 412 g/mol. The zero-order valence-corrected chi connectivity index (χ0v) is 15.8. The van der Waals surface area contributed by atoms with Gasteiger partial charge in [0.2, 0.25) is 5.90 Å². The Morgan fingerprint density at radius 2 is 1.73 bits per heavy atom. The monoisotopic (exact) mass is 412 g/mol. The first-order chi connectivity index (χ1) is 14.4. The SMILES string of the molecule is Cc1cc(-c2cccc(F)c2)cc(CNc2c(F)ccc(OC3=NC=C3)c2F)c1F. The molecule has 0 amide bonds. The zero-order valence-electron chi connectivity index (χ0n) is 15.8. The van der Waals surface area contributed by atoms with Gasteiger partial charge >= 0.3 is 0 Å². The van der Waals surface area contributed by atoms with E-state index in [9.17, 15) is 17.6 Å². The summed E-state index contributed by atoms with van der Waals surface area (Å²) in [6.45, 7) is 1.39. The number of hydrogen-bond acceptors (Lipinski definition) is 3. The van der Waals surface area contributed by atoms with Crippen molar-refractivity contribution in [1.29, 1.82) is 0 Å². The number of hydrogen-bond donors (Lipinski definition) is 1. The summed E-state index contributed by atoms with van der Waals surface area (Å²) >= 11 is 0. The third-order valence-electron chi connectivity index (χ3n) is 4.63. The molecule has 4 rings (SSSR count). The topological polar surface area (TPSA) is 33.6 Å². The van der Waals surface area contributed by atoms with Gasteiger partial charge in [-0.3, -0.25) is 0 Å². The van der Waals surface area contributed by atoms with Crippen molar-refractivity contribution in [3.8, 4) is 16.9 Å². The molecule has 0 spiro atoms. The Kier molecular flexibility index (Phi) is 5.27. The molecule has 30 heavy (non-hydrogen) atoms. The maximum Gasteiger partial charge on any atom is 0.220 e. The quantitative estimate of drug-likeness (QED) is 0.511. The van der Waals surface area contributed by atoms with Crippen LogP contribution in [-0.4, -0.2) is 5.90 Å². The minimum Gasteiger partial charge on any atom is -0.436 e. The number of nitrogens with zero attached hydrogens (tertiary/aromatic N) is 1. The molecule has 0 aromatic heterocycles. The van der Waals surface area contributed by atoms with Gasteiger partial charge in [-0.05, 0) is 60.0 Å². The van der Waals surface area contributed by atoms with Gasteiger partial charge in [-0.15, -0.1) is 0 Å². The molecule has 3 nitrogen and oxygen atoms in total. The fourth-order valence-corrected chi connectivity index (χ4v) is 3.07. The lowest BCUT2D eigenvalue weighted by atomic mass is 9.99. The fourth-order valence-electron chi connectivity index (χ4n) is 3.07. The van der Waals surface area contributed by atoms with Crippen LogP contribution in [0.3, 0.4) is 0 Å². The maximum atomic E-state index is 14.7. The van der Waals surface area contributed by atoms with Crippen LogP contribution in [0.2, 0.25) is 0 Å². The molecule has 0 saturated heterocycles. The van der Waals surface area contributed by atoms with E-state index in [0.29, 0.717) is 16.7 Å². The van der Waals surface area contributed by atoms with Gasteiger partial charge in [0.05, 0.1) is 0 Å². The third kappa shape index (κ3) is 3.91. The van der Waals surface area contributed by atoms with Crippen molar-refractivity contribution >= 4 is 11.6 Å². The van der Waals surface area contributed by atoms with Gasteiger partial charge in [-0.2, -0.15) is 0 Å². The second-order valence-corrected chi connectivity index (χ2v) is 6.75. The highest BCUT2D eigenvalue weighted by Gasteiger charge is 2.18. The Hall–Kier alpha value is -3.61. The molecule has 3 aromatic rings.